The molecule has 0 fully saturated rings. The highest BCUT2D eigenvalue weighted by atomic mass is 35.5. The number of hydrogen-bond acceptors (Lipinski definition) is 3. The lowest BCUT2D eigenvalue weighted by Crippen LogP contribution is -2.34. The van der Waals surface area contributed by atoms with Crippen LogP contribution < -0.4 is 15.0 Å². The van der Waals surface area contributed by atoms with Crippen molar-refractivity contribution in [1.29, 1.82) is 0 Å². The lowest BCUT2D eigenvalue weighted by atomic mass is 10.1. The molecule has 27 heavy (non-hydrogen) atoms. The number of benzene rings is 2. The van der Waals surface area contributed by atoms with Gasteiger partial charge in [-0.1, -0.05) is 23.7 Å². The van der Waals surface area contributed by atoms with Gasteiger partial charge in [-0.15, -0.1) is 0 Å². The Balaban J connectivity index is 1.86. The number of rotatable bonds is 8. The van der Waals surface area contributed by atoms with E-state index in [1.165, 1.54) is 6.92 Å². The minimum absolute atomic E-state index is 0.0873. The summed E-state index contributed by atoms with van der Waals surface area (Å²) in [5.74, 6) is 0.606. The SMILES string of the molecule is COc1cccc(CCNC(=O)CCN(C(C)=O)c2ccc(Cl)cc2C)c1. The van der Waals surface area contributed by atoms with E-state index < -0.39 is 0 Å². The van der Waals surface area contributed by atoms with E-state index in [4.69, 9.17) is 16.3 Å². The first-order valence-electron chi connectivity index (χ1n) is 8.84. The van der Waals surface area contributed by atoms with Crippen LogP contribution in [0.25, 0.3) is 0 Å². The van der Waals surface area contributed by atoms with Crippen LogP contribution in [-0.4, -0.2) is 32.0 Å². The molecule has 2 amide bonds. The van der Waals surface area contributed by atoms with Crippen LogP contribution >= 0.6 is 11.6 Å². The predicted molar refractivity (Wildman–Crippen MR) is 109 cm³/mol. The number of nitrogens with zero attached hydrogens (tertiary/aromatic N) is 1. The Kier molecular flexibility index (Phi) is 7.67. The Morgan fingerprint density at radius 1 is 1.19 bits per heavy atom. The van der Waals surface area contributed by atoms with Gasteiger partial charge >= 0.3 is 0 Å². The zero-order chi connectivity index (χ0) is 19.8. The molecular formula is C21H25ClN2O3. The van der Waals surface area contributed by atoms with Crippen LogP contribution in [0.4, 0.5) is 5.69 Å². The van der Waals surface area contributed by atoms with E-state index in [1.807, 2.05) is 31.2 Å². The average Bonchev–Trinajstić information content (AvgIpc) is 2.63. The molecule has 0 aromatic heterocycles. The lowest BCUT2D eigenvalue weighted by molar-refractivity contribution is -0.121. The molecule has 0 heterocycles. The van der Waals surface area contributed by atoms with E-state index in [2.05, 4.69) is 5.32 Å². The maximum absolute atomic E-state index is 12.2. The Morgan fingerprint density at radius 2 is 1.96 bits per heavy atom. The van der Waals surface area contributed by atoms with E-state index >= 15 is 0 Å². The third-order valence-electron chi connectivity index (χ3n) is 4.26. The molecule has 0 unspecified atom stereocenters. The quantitative estimate of drug-likeness (QED) is 0.749. The maximum atomic E-state index is 12.2. The van der Waals surface area contributed by atoms with E-state index in [-0.39, 0.29) is 18.2 Å². The summed E-state index contributed by atoms with van der Waals surface area (Å²) >= 11 is 5.98. The lowest BCUT2D eigenvalue weighted by Gasteiger charge is -2.23. The first kappa shape index (κ1) is 20.8. The Labute approximate surface area is 165 Å². The highest BCUT2D eigenvalue weighted by molar-refractivity contribution is 6.30. The van der Waals surface area contributed by atoms with Gasteiger partial charge in [0.15, 0.2) is 0 Å². The van der Waals surface area contributed by atoms with Crippen LogP contribution in [0.2, 0.25) is 5.02 Å². The summed E-state index contributed by atoms with van der Waals surface area (Å²) in [6.07, 6.45) is 0.954. The molecule has 6 heteroatoms. The van der Waals surface area contributed by atoms with Crippen molar-refractivity contribution < 1.29 is 14.3 Å². The normalized spacial score (nSPS) is 10.4. The van der Waals surface area contributed by atoms with Crippen LogP contribution in [0.5, 0.6) is 5.75 Å². The largest absolute Gasteiger partial charge is 0.497 e. The van der Waals surface area contributed by atoms with E-state index in [0.717, 1.165) is 29.0 Å². The molecule has 144 valence electrons. The van der Waals surface area contributed by atoms with Crippen molar-refractivity contribution in [3.8, 4) is 5.75 Å². The standard InChI is InChI=1S/C21H25ClN2O3/c1-15-13-18(22)7-8-20(15)24(16(2)25)12-10-21(26)23-11-9-17-5-4-6-19(14-17)27-3/h4-8,13-14H,9-12H2,1-3H3,(H,23,26). The van der Waals surface area contributed by atoms with Crippen molar-refractivity contribution in [2.45, 2.75) is 26.7 Å². The maximum Gasteiger partial charge on any atom is 0.223 e. The van der Waals surface area contributed by atoms with Crippen molar-refractivity contribution in [3.63, 3.8) is 0 Å². The third-order valence-corrected chi connectivity index (χ3v) is 4.50. The molecule has 0 saturated carbocycles. The fourth-order valence-corrected chi connectivity index (χ4v) is 3.07. The van der Waals surface area contributed by atoms with Gasteiger partial charge in [-0.3, -0.25) is 9.59 Å². The first-order chi connectivity index (χ1) is 12.9. The van der Waals surface area contributed by atoms with Gasteiger partial charge in [0.05, 0.1) is 7.11 Å². The number of carbonyl (C=O) groups is 2. The van der Waals surface area contributed by atoms with Crippen LogP contribution in [-0.2, 0) is 16.0 Å². The number of anilines is 1. The molecule has 0 atom stereocenters. The van der Waals surface area contributed by atoms with Gasteiger partial charge in [-0.25, -0.2) is 0 Å². The molecule has 2 rings (SSSR count). The topological polar surface area (TPSA) is 58.6 Å². The molecule has 0 aliphatic carbocycles. The summed E-state index contributed by atoms with van der Waals surface area (Å²) < 4.78 is 5.20. The fourth-order valence-electron chi connectivity index (χ4n) is 2.85. The highest BCUT2D eigenvalue weighted by Gasteiger charge is 2.15. The van der Waals surface area contributed by atoms with Gasteiger partial charge in [-0.2, -0.15) is 0 Å². The van der Waals surface area contributed by atoms with Crippen molar-refractivity contribution in [2.24, 2.45) is 0 Å². The molecule has 0 spiro atoms. The molecule has 0 aliphatic heterocycles. The smallest absolute Gasteiger partial charge is 0.223 e. The fraction of sp³-hybridized carbons (Fsp3) is 0.333. The van der Waals surface area contributed by atoms with Crippen molar-refractivity contribution in [3.05, 3.63) is 58.6 Å². The van der Waals surface area contributed by atoms with Crippen molar-refractivity contribution in [1.82, 2.24) is 5.32 Å². The number of ether oxygens (including phenoxy) is 1. The number of methoxy groups -OCH3 is 1. The van der Waals surface area contributed by atoms with Crippen molar-refractivity contribution >= 4 is 29.1 Å². The van der Waals surface area contributed by atoms with Gasteiger partial charge in [0.25, 0.3) is 0 Å². The first-order valence-corrected chi connectivity index (χ1v) is 9.22. The third kappa shape index (κ3) is 6.29. The second-order valence-corrected chi connectivity index (χ2v) is 6.74. The number of nitrogens with one attached hydrogen (secondary N) is 1. The molecule has 2 aromatic rings. The van der Waals surface area contributed by atoms with Crippen LogP contribution in [0.1, 0.15) is 24.5 Å². The second-order valence-electron chi connectivity index (χ2n) is 6.30. The highest BCUT2D eigenvalue weighted by Crippen LogP contribution is 2.24. The summed E-state index contributed by atoms with van der Waals surface area (Å²) in [7, 11) is 1.63. The van der Waals surface area contributed by atoms with Crippen LogP contribution in [0, 0.1) is 6.92 Å². The monoisotopic (exact) mass is 388 g/mol. The molecule has 0 bridgehead atoms. The van der Waals surface area contributed by atoms with E-state index in [0.29, 0.717) is 18.1 Å². The molecule has 5 nitrogen and oxygen atoms in total. The molecule has 0 radical (unpaired) electrons. The molecular weight excluding hydrogens is 364 g/mol. The molecule has 1 N–H and O–H groups in total. The summed E-state index contributed by atoms with van der Waals surface area (Å²) in [5.41, 5.74) is 2.77. The number of aryl methyl sites for hydroxylation is 1. The zero-order valence-corrected chi connectivity index (χ0v) is 16.7. The minimum atomic E-state index is -0.107. The average molecular weight is 389 g/mol. The molecule has 0 aliphatic rings. The van der Waals surface area contributed by atoms with Crippen LogP contribution in [0.15, 0.2) is 42.5 Å². The molecule has 0 saturated heterocycles. The Bertz CT molecular complexity index is 808. The van der Waals surface area contributed by atoms with Gasteiger partial charge in [0.2, 0.25) is 11.8 Å². The predicted octanol–water partition coefficient (Wildman–Crippen LogP) is 3.76. The summed E-state index contributed by atoms with van der Waals surface area (Å²) in [5, 5.41) is 3.52. The number of hydrogen-bond donors (Lipinski definition) is 1. The van der Waals surface area contributed by atoms with Gasteiger partial charge < -0.3 is 15.0 Å². The summed E-state index contributed by atoms with van der Waals surface area (Å²) in [6, 6.07) is 13.1. The Morgan fingerprint density at radius 3 is 2.63 bits per heavy atom. The second kappa shape index (κ2) is 9.97. The van der Waals surface area contributed by atoms with Crippen molar-refractivity contribution in [2.75, 3.05) is 25.1 Å². The van der Waals surface area contributed by atoms with Gasteiger partial charge in [-0.05, 0) is 54.8 Å². The van der Waals surface area contributed by atoms with Crippen LogP contribution in [0.3, 0.4) is 0 Å². The number of carbonyl (C=O) groups excluding carboxylic acids is 2. The summed E-state index contributed by atoms with van der Waals surface area (Å²) in [4.78, 5) is 25.8. The minimum Gasteiger partial charge on any atom is -0.497 e. The molecule has 2 aromatic carbocycles. The zero-order valence-electron chi connectivity index (χ0n) is 15.9. The van der Waals surface area contributed by atoms with E-state index in [9.17, 15) is 9.59 Å². The number of amides is 2. The van der Waals surface area contributed by atoms with Gasteiger partial charge in [0, 0.05) is 37.1 Å². The van der Waals surface area contributed by atoms with E-state index in [1.54, 1.807) is 30.2 Å². The number of halogens is 1. The summed E-state index contributed by atoms with van der Waals surface area (Å²) in [6.45, 7) is 4.24. The van der Waals surface area contributed by atoms with Gasteiger partial charge in [0.1, 0.15) is 5.75 Å². The Hall–Kier alpha value is -2.53.